The van der Waals surface area contributed by atoms with Crippen molar-refractivity contribution in [3.05, 3.63) is 59.3 Å². The largest absolute Gasteiger partial charge is 0.496 e. The Morgan fingerprint density at radius 1 is 1.23 bits per heavy atom. The first-order chi connectivity index (χ1) is 14.9. The van der Waals surface area contributed by atoms with E-state index in [4.69, 9.17) is 10.5 Å². The Balaban J connectivity index is 1.88. The molecule has 0 aliphatic carbocycles. The number of fused-ring (bicyclic) bond motifs is 1. The van der Waals surface area contributed by atoms with E-state index in [1.807, 2.05) is 12.1 Å². The van der Waals surface area contributed by atoms with Gasteiger partial charge in [-0.15, -0.1) is 0 Å². The minimum Gasteiger partial charge on any atom is -0.496 e. The van der Waals surface area contributed by atoms with Gasteiger partial charge >= 0.3 is 0 Å². The highest BCUT2D eigenvalue weighted by molar-refractivity contribution is 6.07. The van der Waals surface area contributed by atoms with Crippen LogP contribution in [-0.2, 0) is 0 Å². The van der Waals surface area contributed by atoms with Crippen molar-refractivity contribution >= 4 is 28.2 Å². The maximum absolute atomic E-state index is 14.3. The number of methoxy groups -OCH3 is 1. The minimum atomic E-state index is -0.774. The van der Waals surface area contributed by atoms with Gasteiger partial charge < -0.3 is 20.7 Å². The molecule has 1 fully saturated rings. The molecule has 0 radical (unpaired) electrons. The van der Waals surface area contributed by atoms with Crippen LogP contribution in [0.15, 0.2) is 36.5 Å². The molecular weight excluding hydrogens is 402 g/mol. The number of halogens is 2. The van der Waals surface area contributed by atoms with Crippen molar-refractivity contribution in [3.63, 3.8) is 0 Å². The first-order valence-electron chi connectivity index (χ1n) is 10.1. The predicted octanol–water partition coefficient (Wildman–Crippen LogP) is 4.17. The Bertz CT molecular complexity index is 1140. The van der Waals surface area contributed by atoms with Crippen molar-refractivity contribution in [3.8, 4) is 5.75 Å². The molecule has 1 saturated heterocycles. The summed E-state index contributed by atoms with van der Waals surface area (Å²) >= 11 is 0. The second-order valence-electron chi connectivity index (χ2n) is 7.85. The minimum absolute atomic E-state index is 0.0352. The third kappa shape index (κ3) is 4.16. The number of nitrogens with two attached hydrogens (primary N) is 1. The van der Waals surface area contributed by atoms with Gasteiger partial charge in [-0.25, -0.2) is 8.78 Å². The highest BCUT2D eigenvalue weighted by Gasteiger charge is 2.24. The number of piperidine rings is 1. The standard InChI is InChI=1S/C23H24F2N4O2/c1-29-7-5-13(6-8-29)15-10-16-20(11-21(15)31-2)27-12-17(23(26)30)22(16)28-19-4-3-14(24)9-18(19)25/h3-4,9-13H,5-8H2,1-2H3,(H2,26,30)(H,27,28). The van der Waals surface area contributed by atoms with Crippen molar-refractivity contribution in [2.24, 2.45) is 5.73 Å². The zero-order valence-corrected chi connectivity index (χ0v) is 17.4. The van der Waals surface area contributed by atoms with Crippen molar-refractivity contribution in [2.45, 2.75) is 18.8 Å². The molecule has 4 rings (SSSR count). The van der Waals surface area contributed by atoms with Gasteiger partial charge in [-0.1, -0.05) is 0 Å². The van der Waals surface area contributed by atoms with Gasteiger partial charge in [0.05, 0.1) is 29.6 Å². The van der Waals surface area contributed by atoms with Gasteiger partial charge in [0, 0.05) is 23.7 Å². The second kappa shape index (κ2) is 8.47. The van der Waals surface area contributed by atoms with E-state index >= 15 is 0 Å². The Morgan fingerprint density at radius 2 is 1.97 bits per heavy atom. The molecule has 0 atom stereocenters. The summed E-state index contributed by atoms with van der Waals surface area (Å²) in [6.45, 7) is 1.94. The molecule has 2 heterocycles. The van der Waals surface area contributed by atoms with Gasteiger partial charge in [-0.05, 0) is 62.7 Å². The smallest absolute Gasteiger partial charge is 0.252 e. The number of carbonyl (C=O) groups is 1. The first-order valence-corrected chi connectivity index (χ1v) is 10.1. The number of aromatic nitrogens is 1. The quantitative estimate of drug-likeness (QED) is 0.640. The number of nitrogens with one attached hydrogen (secondary N) is 1. The molecule has 31 heavy (non-hydrogen) atoms. The molecule has 2 aromatic carbocycles. The number of amides is 1. The van der Waals surface area contributed by atoms with Crippen LogP contribution in [0.4, 0.5) is 20.2 Å². The van der Waals surface area contributed by atoms with E-state index < -0.39 is 17.5 Å². The van der Waals surface area contributed by atoms with Crippen LogP contribution in [0.25, 0.3) is 10.9 Å². The molecule has 1 amide bonds. The predicted molar refractivity (Wildman–Crippen MR) is 116 cm³/mol. The number of pyridine rings is 1. The average molecular weight is 426 g/mol. The molecule has 3 aromatic rings. The summed E-state index contributed by atoms with van der Waals surface area (Å²) in [6.07, 6.45) is 3.29. The van der Waals surface area contributed by atoms with Crippen molar-refractivity contribution in [2.75, 3.05) is 32.6 Å². The van der Waals surface area contributed by atoms with E-state index in [0.717, 1.165) is 49.4 Å². The molecule has 0 unspecified atom stereocenters. The molecule has 1 aliphatic heterocycles. The Kier molecular flexibility index (Phi) is 5.73. The number of hydrogen-bond acceptors (Lipinski definition) is 5. The van der Waals surface area contributed by atoms with Crippen molar-refractivity contribution < 1.29 is 18.3 Å². The monoisotopic (exact) mass is 426 g/mol. The zero-order chi connectivity index (χ0) is 22.1. The van der Waals surface area contributed by atoms with Crippen LogP contribution in [0.2, 0.25) is 0 Å². The van der Waals surface area contributed by atoms with Gasteiger partial charge in [0.2, 0.25) is 0 Å². The van der Waals surface area contributed by atoms with Crippen LogP contribution < -0.4 is 15.8 Å². The molecule has 0 bridgehead atoms. The average Bonchev–Trinajstić information content (AvgIpc) is 2.75. The number of nitrogens with zero attached hydrogens (tertiary/aromatic N) is 2. The van der Waals surface area contributed by atoms with Gasteiger partial charge in [-0.3, -0.25) is 9.78 Å². The summed E-state index contributed by atoms with van der Waals surface area (Å²) in [5, 5.41) is 3.56. The van der Waals surface area contributed by atoms with Crippen LogP contribution in [0, 0.1) is 11.6 Å². The van der Waals surface area contributed by atoms with Crippen LogP contribution in [-0.4, -0.2) is 43.0 Å². The number of likely N-dealkylation sites (tertiary alicyclic amines) is 1. The molecule has 1 aliphatic rings. The molecular formula is C23H24F2N4O2. The fourth-order valence-corrected chi connectivity index (χ4v) is 4.10. The van der Waals surface area contributed by atoms with Gasteiger partial charge in [-0.2, -0.15) is 0 Å². The van der Waals surface area contributed by atoms with Crippen molar-refractivity contribution in [1.29, 1.82) is 0 Å². The lowest BCUT2D eigenvalue weighted by atomic mass is 9.87. The van der Waals surface area contributed by atoms with Crippen LogP contribution in [0.5, 0.6) is 5.75 Å². The van der Waals surface area contributed by atoms with E-state index in [1.54, 1.807) is 7.11 Å². The number of primary amides is 1. The van der Waals surface area contributed by atoms with E-state index in [0.29, 0.717) is 16.6 Å². The van der Waals surface area contributed by atoms with Gasteiger partial charge in [0.15, 0.2) is 0 Å². The summed E-state index contributed by atoms with van der Waals surface area (Å²) in [5.41, 5.74) is 7.64. The van der Waals surface area contributed by atoms with Crippen molar-refractivity contribution in [1.82, 2.24) is 9.88 Å². The molecule has 162 valence electrons. The van der Waals surface area contributed by atoms with Gasteiger partial charge in [0.25, 0.3) is 5.91 Å². The number of rotatable bonds is 5. The molecule has 6 nitrogen and oxygen atoms in total. The third-order valence-electron chi connectivity index (χ3n) is 5.83. The number of ether oxygens (including phenoxy) is 1. The number of hydrogen-bond donors (Lipinski definition) is 2. The van der Waals surface area contributed by atoms with E-state index in [1.165, 1.54) is 12.3 Å². The molecule has 3 N–H and O–H groups in total. The Labute approximate surface area is 179 Å². The fourth-order valence-electron chi connectivity index (χ4n) is 4.10. The SMILES string of the molecule is COc1cc2ncc(C(N)=O)c(Nc3ccc(F)cc3F)c2cc1C1CCN(C)CC1. The summed E-state index contributed by atoms with van der Waals surface area (Å²) in [5.74, 6) is -1.16. The summed E-state index contributed by atoms with van der Waals surface area (Å²) in [6, 6.07) is 6.96. The molecule has 0 spiro atoms. The molecule has 0 saturated carbocycles. The lowest BCUT2D eigenvalue weighted by molar-refractivity contribution is 0.100. The fraction of sp³-hybridized carbons (Fsp3) is 0.304. The summed E-state index contributed by atoms with van der Waals surface area (Å²) in [7, 11) is 3.71. The normalized spacial score (nSPS) is 15.2. The van der Waals surface area contributed by atoms with E-state index in [9.17, 15) is 13.6 Å². The van der Waals surface area contributed by atoms with Crippen LogP contribution in [0.3, 0.4) is 0 Å². The Morgan fingerprint density at radius 3 is 2.61 bits per heavy atom. The summed E-state index contributed by atoms with van der Waals surface area (Å²) in [4.78, 5) is 18.7. The summed E-state index contributed by atoms with van der Waals surface area (Å²) < 4.78 is 33.3. The topological polar surface area (TPSA) is 80.5 Å². The van der Waals surface area contributed by atoms with E-state index in [2.05, 4.69) is 22.2 Å². The number of anilines is 2. The Hall–Kier alpha value is -3.26. The maximum atomic E-state index is 14.3. The lowest BCUT2D eigenvalue weighted by Crippen LogP contribution is -2.29. The maximum Gasteiger partial charge on any atom is 0.252 e. The second-order valence-corrected chi connectivity index (χ2v) is 7.85. The van der Waals surface area contributed by atoms with Crippen LogP contribution >= 0.6 is 0 Å². The lowest BCUT2D eigenvalue weighted by Gasteiger charge is -2.30. The van der Waals surface area contributed by atoms with Gasteiger partial charge in [0.1, 0.15) is 17.4 Å². The van der Waals surface area contributed by atoms with E-state index in [-0.39, 0.29) is 17.2 Å². The van der Waals surface area contributed by atoms with Crippen LogP contribution in [0.1, 0.15) is 34.7 Å². The first kappa shape index (κ1) is 21.0. The highest BCUT2D eigenvalue weighted by Crippen LogP contribution is 2.39. The molecule has 8 heteroatoms. The third-order valence-corrected chi connectivity index (χ3v) is 5.83. The number of benzene rings is 2. The zero-order valence-electron chi connectivity index (χ0n) is 17.4. The number of carbonyl (C=O) groups excluding carboxylic acids is 1. The molecule has 1 aromatic heterocycles. The highest BCUT2D eigenvalue weighted by atomic mass is 19.1.